The largest absolute Gasteiger partial charge is 0.476 e. The standard InChI is InChI=1S/C11H7FN2O2S/c12-7-2-1-3-8(4-7)17-10-6-13-9(5-14-10)11(15)16/h1-6H,(H,15,16). The van der Waals surface area contributed by atoms with Gasteiger partial charge in [-0.2, -0.15) is 0 Å². The second-order valence-electron chi connectivity index (χ2n) is 3.10. The van der Waals surface area contributed by atoms with Crippen molar-refractivity contribution in [2.24, 2.45) is 0 Å². The third-order valence-corrected chi connectivity index (χ3v) is 2.78. The third-order valence-electron chi connectivity index (χ3n) is 1.87. The smallest absolute Gasteiger partial charge is 0.356 e. The number of carboxylic acids is 1. The number of hydrogen-bond acceptors (Lipinski definition) is 4. The van der Waals surface area contributed by atoms with Gasteiger partial charge < -0.3 is 5.11 Å². The summed E-state index contributed by atoms with van der Waals surface area (Å²) in [6, 6.07) is 6.05. The van der Waals surface area contributed by atoms with Crippen molar-refractivity contribution in [3.63, 3.8) is 0 Å². The second kappa shape index (κ2) is 4.92. The summed E-state index contributed by atoms with van der Waals surface area (Å²) < 4.78 is 12.9. The Labute approximate surface area is 101 Å². The minimum absolute atomic E-state index is 0.117. The lowest BCUT2D eigenvalue weighted by molar-refractivity contribution is 0.0689. The molecule has 0 aliphatic rings. The van der Waals surface area contributed by atoms with E-state index in [4.69, 9.17) is 5.11 Å². The second-order valence-corrected chi connectivity index (χ2v) is 4.20. The van der Waals surface area contributed by atoms with E-state index in [0.29, 0.717) is 9.92 Å². The van der Waals surface area contributed by atoms with E-state index in [1.807, 2.05) is 0 Å². The molecule has 0 saturated heterocycles. The SMILES string of the molecule is O=C(O)c1cnc(Sc2cccc(F)c2)cn1. The summed E-state index contributed by atoms with van der Waals surface area (Å²) >= 11 is 1.22. The van der Waals surface area contributed by atoms with Crippen LogP contribution in [-0.2, 0) is 0 Å². The van der Waals surface area contributed by atoms with Gasteiger partial charge in [-0.15, -0.1) is 0 Å². The molecule has 17 heavy (non-hydrogen) atoms. The zero-order chi connectivity index (χ0) is 12.3. The van der Waals surface area contributed by atoms with Gasteiger partial charge in [-0.1, -0.05) is 17.8 Å². The number of carboxylic acid groups (broad SMARTS) is 1. The number of halogens is 1. The molecule has 0 aliphatic carbocycles. The minimum Gasteiger partial charge on any atom is -0.476 e. The van der Waals surface area contributed by atoms with Gasteiger partial charge in [0, 0.05) is 4.90 Å². The highest BCUT2D eigenvalue weighted by molar-refractivity contribution is 7.99. The number of carbonyl (C=O) groups is 1. The van der Waals surface area contributed by atoms with Crippen LogP contribution >= 0.6 is 11.8 Å². The summed E-state index contributed by atoms with van der Waals surface area (Å²) in [4.78, 5) is 18.9. The first-order valence-corrected chi connectivity index (χ1v) is 5.45. The van der Waals surface area contributed by atoms with E-state index in [-0.39, 0.29) is 11.5 Å². The van der Waals surface area contributed by atoms with E-state index in [2.05, 4.69) is 9.97 Å². The summed E-state index contributed by atoms with van der Waals surface area (Å²) in [5, 5.41) is 9.16. The van der Waals surface area contributed by atoms with Crippen LogP contribution in [-0.4, -0.2) is 21.0 Å². The van der Waals surface area contributed by atoms with Crippen molar-refractivity contribution in [1.82, 2.24) is 9.97 Å². The summed E-state index contributed by atoms with van der Waals surface area (Å²) in [6.45, 7) is 0. The Hall–Kier alpha value is -1.95. The maximum absolute atomic E-state index is 12.9. The molecule has 0 spiro atoms. The van der Waals surface area contributed by atoms with E-state index in [1.165, 1.54) is 36.3 Å². The molecule has 0 saturated carbocycles. The van der Waals surface area contributed by atoms with Crippen molar-refractivity contribution < 1.29 is 14.3 Å². The van der Waals surface area contributed by atoms with Gasteiger partial charge in [0.1, 0.15) is 10.8 Å². The lowest BCUT2D eigenvalue weighted by atomic mass is 10.4. The Kier molecular flexibility index (Phi) is 3.34. The maximum Gasteiger partial charge on any atom is 0.356 e. The van der Waals surface area contributed by atoms with Gasteiger partial charge in [0.2, 0.25) is 0 Å². The first kappa shape index (κ1) is 11.5. The summed E-state index contributed by atoms with van der Waals surface area (Å²) in [5.74, 6) is -1.45. The lowest BCUT2D eigenvalue weighted by Crippen LogP contribution is -2.00. The molecule has 1 heterocycles. The molecule has 0 fully saturated rings. The third kappa shape index (κ3) is 3.01. The molecule has 4 nitrogen and oxygen atoms in total. The van der Waals surface area contributed by atoms with Crippen LogP contribution in [0.5, 0.6) is 0 Å². The van der Waals surface area contributed by atoms with Crippen LogP contribution in [0.15, 0.2) is 46.6 Å². The Morgan fingerprint density at radius 1 is 1.29 bits per heavy atom. The van der Waals surface area contributed by atoms with Gasteiger partial charge in [-0.25, -0.2) is 19.2 Å². The van der Waals surface area contributed by atoms with Crippen LogP contribution in [0.25, 0.3) is 0 Å². The molecule has 2 aromatic rings. The van der Waals surface area contributed by atoms with Crippen LogP contribution in [0.4, 0.5) is 4.39 Å². The molecule has 0 atom stereocenters. The van der Waals surface area contributed by atoms with Gasteiger partial charge >= 0.3 is 5.97 Å². The average Bonchev–Trinajstić information content (AvgIpc) is 2.29. The fourth-order valence-corrected chi connectivity index (χ4v) is 1.90. The molecule has 6 heteroatoms. The molecule has 2 rings (SSSR count). The molecule has 0 unspecified atom stereocenters. The number of aromatic nitrogens is 2. The molecular weight excluding hydrogens is 243 g/mol. The summed E-state index contributed by atoms with van der Waals surface area (Å²) in [7, 11) is 0. The Bertz CT molecular complexity index is 545. The van der Waals surface area contributed by atoms with Crippen LogP contribution in [0.1, 0.15) is 10.5 Å². The first-order chi connectivity index (χ1) is 8.15. The van der Waals surface area contributed by atoms with Gasteiger partial charge in [0.25, 0.3) is 0 Å². The Balaban J connectivity index is 2.16. The highest BCUT2D eigenvalue weighted by atomic mass is 32.2. The van der Waals surface area contributed by atoms with Gasteiger partial charge in [0.05, 0.1) is 12.4 Å². The predicted octanol–water partition coefficient (Wildman–Crippen LogP) is 2.47. The predicted molar refractivity (Wildman–Crippen MR) is 59.5 cm³/mol. The van der Waals surface area contributed by atoms with Gasteiger partial charge in [-0.3, -0.25) is 0 Å². The minimum atomic E-state index is -1.13. The van der Waals surface area contributed by atoms with E-state index < -0.39 is 5.97 Å². The molecular formula is C11H7FN2O2S. The Morgan fingerprint density at radius 2 is 2.12 bits per heavy atom. The summed E-state index contributed by atoms with van der Waals surface area (Å²) in [5.41, 5.74) is -0.117. The fourth-order valence-electron chi connectivity index (χ4n) is 1.13. The Morgan fingerprint density at radius 3 is 2.71 bits per heavy atom. The zero-order valence-corrected chi connectivity index (χ0v) is 9.32. The van der Waals surface area contributed by atoms with Crippen molar-refractivity contribution in [2.75, 3.05) is 0 Å². The lowest BCUT2D eigenvalue weighted by Gasteiger charge is -2.00. The molecule has 86 valence electrons. The van der Waals surface area contributed by atoms with E-state index in [0.717, 1.165) is 0 Å². The quantitative estimate of drug-likeness (QED) is 0.906. The van der Waals surface area contributed by atoms with Crippen LogP contribution < -0.4 is 0 Å². The molecule has 0 aliphatic heterocycles. The molecule has 0 amide bonds. The van der Waals surface area contributed by atoms with E-state index in [9.17, 15) is 9.18 Å². The van der Waals surface area contributed by atoms with Gasteiger partial charge in [-0.05, 0) is 18.2 Å². The summed E-state index contributed by atoms with van der Waals surface area (Å²) in [6.07, 6.45) is 2.52. The first-order valence-electron chi connectivity index (χ1n) is 4.64. The number of rotatable bonds is 3. The molecule has 1 N–H and O–H groups in total. The monoisotopic (exact) mass is 250 g/mol. The van der Waals surface area contributed by atoms with Crippen molar-refractivity contribution in [2.45, 2.75) is 9.92 Å². The highest BCUT2D eigenvalue weighted by Gasteiger charge is 2.06. The molecule has 0 bridgehead atoms. The van der Waals surface area contributed by atoms with Gasteiger partial charge in [0.15, 0.2) is 5.69 Å². The van der Waals surface area contributed by atoms with Crippen molar-refractivity contribution in [1.29, 1.82) is 0 Å². The normalized spacial score (nSPS) is 10.2. The van der Waals surface area contributed by atoms with Crippen LogP contribution in [0.2, 0.25) is 0 Å². The average molecular weight is 250 g/mol. The number of aromatic carboxylic acids is 1. The van der Waals surface area contributed by atoms with Crippen molar-refractivity contribution >= 4 is 17.7 Å². The van der Waals surface area contributed by atoms with Crippen molar-refractivity contribution in [3.05, 3.63) is 48.2 Å². The topological polar surface area (TPSA) is 63.1 Å². The van der Waals surface area contributed by atoms with E-state index in [1.54, 1.807) is 12.1 Å². The van der Waals surface area contributed by atoms with Crippen LogP contribution in [0.3, 0.4) is 0 Å². The van der Waals surface area contributed by atoms with E-state index >= 15 is 0 Å². The molecule has 1 aromatic carbocycles. The number of hydrogen-bond donors (Lipinski definition) is 1. The molecule has 0 radical (unpaired) electrons. The zero-order valence-electron chi connectivity index (χ0n) is 8.50. The van der Waals surface area contributed by atoms with Crippen molar-refractivity contribution in [3.8, 4) is 0 Å². The highest BCUT2D eigenvalue weighted by Crippen LogP contribution is 2.25. The maximum atomic E-state index is 12.9. The number of benzene rings is 1. The number of nitrogens with zero attached hydrogens (tertiary/aromatic N) is 2. The fraction of sp³-hybridized carbons (Fsp3) is 0. The van der Waals surface area contributed by atoms with Crippen LogP contribution in [0, 0.1) is 5.82 Å². The molecule has 1 aromatic heterocycles.